The topological polar surface area (TPSA) is 41.5 Å². The van der Waals surface area contributed by atoms with Crippen LogP contribution in [0, 0.1) is 10.8 Å². The van der Waals surface area contributed by atoms with Crippen molar-refractivity contribution in [2.24, 2.45) is 10.8 Å². The highest BCUT2D eigenvalue weighted by Gasteiger charge is 2.64. The molecule has 0 aromatic carbocycles. The Kier molecular flexibility index (Phi) is 3.56. The first-order valence-electron chi connectivity index (χ1n) is 5.36. The smallest absolute Gasteiger partial charge is 0.0698 e. The minimum absolute atomic E-state index is 0.112. The molecule has 1 rings (SSSR count). The number of rotatable bonds is 6. The average Bonchev–Trinajstić information content (AvgIpc) is 2.46. The van der Waals surface area contributed by atoms with Crippen molar-refractivity contribution in [1.82, 2.24) is 5.32 Å². The molecular formula is C11H23NO2. The van der Waals surface area contributed by atoms with Crippen molar-refractivity contribution < 1.29 is 9.84 Å². The first-order valence-corrected chi connectivity index (χ1v) is 5.36. The normalized spacial score (nSPS) is 23.8. The van der Waals surface area contributed by atoms with Crippen LogP contribution in [0.2, 0.25) is 0 Å². The van der Waals surface area contributed by atoms with Gasteiger partial charge < -0.3 is 15.2 Å². The van der Waals surface area contributed by atoms with Gasteiger partial charge in [-0.3, -0.25) is 0 Å². The van der Waals surface area contributed by atoms with E-state index in [1.54, 1.807) is 0 Å². The predicted octanol–water partition coefficient (Wildman–Crippen LogP) is 1.02. The van der Waals surface area contributed by atoms with Gasteiger partial charge in [-0.2, -0.15) is 0 Å². The van der Waals surface area contributed by atoms with Crippen molar-refractivity contribution in [2.45, 2.75) is 33.7 Å². The lowest BCUT2D eigenvalue weighted by molar-refractivity contribution is 0.0932. The fourth-order valence-corrected chi connectivity index (χ4v) is 2.15. The summed E-state index contributed by atoms with van der Waals surface area (Å²) >= 11 is 0. The third-order valence-electron chi connectivity index (χ3n) is 3.85. The summed E-state index contributed by atoms with van der Waals surface area (Å²) in [5.41, 5.74) is 0.786. The number of ether oxygens (including phenoxy) is 1. The summed E-state index contributed by atoms with van der Waals surface area (Å²) in [7, 11) is 0. The Morgan fingerprint density at radius 1 is 1.14 bits per heavy atom. The second kappa shape index (κ2) is 4.17. The fraction of sp³-hybridized carbons (Fsp3) is 1.00. The van der Waals surface area contributed by atoms with Crippen LogP contribution in [0.3, 0.4) is 0 Å². The number of nitrogens with one attached hydrogen (secondary N) is 1. The molecule has 0 bridgehead atoms. The van der Waals surface area contributed by atoms with E-state index in [1.165, 1.54) is 0 Å². The van der Waals surface area contributed by atoms with E-state index in [9.17, 15) is 0 Å². The van der Waals surface area contributed by atoms with Gasteiger partial charge in [-0.25, -0.2) is 0 Å². The van der Waals surface area contributed by atoms with Crippen molar-refractivity contribution in [3.63, 3.8) is 0 Å². The van der Waals surface area contributed by atoms with E-state index in [0.29, 0.717) is 30.1 Å². The van der Waals surface area contributed by atoms with Gasteiger partial charge in [-0.1, -0.05) is 27.7 Å². The van der Waals surface area contributed by atoms with E-state index in [0.717, 1.165) is 6.54 Å². The van der Waals surface area contributed by atoms with Crippen molar-refractivity contribution in [3.8, 4) is 0 Å². The molecule has 3 heteroatoms. The molecule has 1 fully saturated rings. The fourth-order valence-electron chi connectivity index (χ4n) is 2.15. The minimum atomic E-state index is 0.112. The summed E-state index contributed by atoms with van der Waals surface area (Å²) in [4.78, 5) is 0. The first kappa shape index (κ1) is 12.0. The maximum Gasteiger partial charge on any atom is 0.0698 e. The molecule has 0 radical (unpaired) electrons. The quantitative estimate of drug-likeness (QED) is 0.630. The first-order chi connectivity index (χ1) is 6.44. The number of hydrogen-bond donors (Lipinski definition) is 2. The van der Waals surface area contributed by atoms with Crippen LogP contribution in [0.1, 0.15) is 27.7 Å². The van der Waals surface area contributed by atoms with Gasteiger partial charge in [0.05, 0.1) is 19.8 Å². The molecule has 0 aliphatic heterocycles. The SMILES string of the molecule is CC1(C)C(NCCOCCO)C1(C)C. The minimum Gasteiger partial charge on any atom is -0.394 e. The molecule has 0 amide bonds. The van der Waals surface area contributed by atoms with Crippen molar-refractivity contribution in [2.75, 3.05) is 26.4 Å². The Labute approximate surface area is 86.8 Å². The average molecular weight is 201 g/mol. The zero-order chi connectivity index (χ0) is 10.8. The van der Waals surface area contributed by atoms with Gasteiger partial charge in [-0.05, 0) is 10.8 Å². The van der Waals surface area contributed by atoms with Crippen LogP contribution in [-0.4, -0.2) is 37.5 Å². The number of aliphatic hydroxyl groups excluding tert-OH is 1. The highest BCUT2D eigenvalue weighted by atomic mass is 16.5. The molecule has 0 atom stereocenters. The molecule has 14 heavy (non-hydrogen) atoms. The summed E-state index contributed by atoms with van der Waals surface area (Å²) in [6.45, 7) is 11.3. The summed E-state index contributed by atoms with van der Waals surface area (Å²) in [5, 5.41) is 12.0. The van der Waals surface area contributed by atoms with Crippen LogP contribution < -0.4 is 5.32 Å². The van der Waals surface area contributed by atoms with E-state index in [2.05, 4.69) is 33.0 Å². The predicted molar refractivity (Wildman–Crippen MR) is 57.3 cm³/mol. The lowest BCUT2D eigenvalue weighted by Crippen LogP contribution is -2.26. The van der Waals surface area contributed by atoms with E-state index < -0.39 is 0 Å². The van der Waals surface area contributed by atoms with Crippen molar-refractivity contribution in [3.05, 3.63) is 0 Å². The molecule has 0 heterocycles. The largest absolute Gasteiger partial charge is 0.394 e. The molecule has 0 spiro atoms. The van der Waals surface area contributed by atoms with Crippen LogP contribution in [0.5, 0.6) is 0 Å². The summed E-state index contributed by atoms with van der Waals surface area (Å²) in [6, 6.07) is 0.590. The van der Waals surface area contributed by atoms with Gasteiger partial charge in [0.15, 0.2) is 0 Å². The summed E-state index contributed by atoms with van der Waals surface area (Å²) in [5.74, 6) is 0. The zero-order valence-electron chi connectivity index (χ0n) is 9.76. The second-order valence-corrected chi connectivity index (χ2v) is 5.17. The van der Waals surface area contributed by atoms with Crippen LogP contribution in [-0.2, 0) is 4.74 Å². The molecule has 3 nitrogen and oxygen atoms in total. The molecule has 84 valence electrons. The Morgan fingerprint density at radius 2 is 1.71 bits per heavy atom. The number of hydrogen-bond acceptors (Lipinski definition) is 3. The zero-order valence-corrected chi connectivity index (χ0v) is 9.76. The number of aliphatic hydroxyl groups is 1. The third-order valence-corrected chi connectivity index (χ3v) is 3.85. The standard InChI is InChI=1S/C11H23NO2/c1-10(2)9(11(10,3)4)12-5-7-14-8-6-13/h9,12-13H,5-8H2,1-4H3. The molecule has 2 N–H and O–H groups in total. The van der Waals surface area contributed by atoms with E-state index in [1.807, 2.05) is 0 Å². The van der Waals surface area contributed by atoms with E-state index >= 15 is 0 Å². The van der Waals surface area contributed by atoms with Crippen molar-refractivity contribution in [1.29, 1.82) is 0 Å². The van der Waals surface area contributed by atoms with E-state index in [4.69, 9.17) is 9.84 Å². The summed E-state index contributed by atoms with van der Waals surface area (Å²) < 4.78 is 5.18. The molecule has 0 unspecified atom stereocenters. The molecule has 1 aliphatic carbocycles. The molecule has 1 aliphatic rings. The molecule has 0 aromatic heterocycles. The molecule has 0 saturated heterocycles. The Balaban J connectivity index is 2.10. The van der Waals surface area contributed by atoms with Gasteiger partial charge in [-0.15, -0.1) is 0 Å². The van der Waals surface area contributed by atoms with Gasteiger partial charge in [0.25, 0.3) is 0 Å². The van der Waals surface area contributed by atoms with E-state index in [-0.39, 0.29) is 6.61 Å². The second-order valence-electron chi connectivity index (χ2n) is 5.17. The van der Waals surface area contributed by atoms with Gasteiger partial charge in [0.2, 0.25) is 0 Å². The van der Waals surface area contributed by atoms with Crippen LogP contribution >= 0.6 is 0 Å². The Bertz CT molecular complexity index is 176. The molecular weight excluding hydrogens is 178 g/mol. The van der Waals surface area contributed by atoms with Crippen LogP contribution in [0.4, 0.5) is 0 Å². The highest BCUT2D eigenvalue weighted by molar-refractivity contribution is 5.17. The molecule has 1 saturated carbocycles. The maximum atomic E-state index is 8.51. The Hall–Kier alpha value is -0.120. The van der Waals surface area contributed by atoms with Gasteiger partial charge in [0, 0.05) is 12.6 Å². The Morgan fingerprint density at radius 3 is 2.14 bits per heavy atom. The lowest BCUT2D eigenvalue weighted by atomic mass is 10.0. The van der Waals surface area contributed by atoms with Crippen molar-refractivity contribution >= 4 is 0 Å². The highest BCUT2D eigenvalue weighted by Crippen LogP contribution is 2.62. The van der Waals surface area contributed by atoms with Crippen LogP contribution in [0.15, 0.2) is 0 Å². The maximum absolute atomic E-state index is 8.51. The lowest BCUT2D eigenvalue weighted by Gasteiger charge is -2.06. The monoisotopic (exact) mass is 201 g/mol. The third kappa shape index (κ3) is 2.10. The van der Waals surface area contributed by atoms with Gasteiger partial charge >= 0.3 is 0 Å². The van der Waals surface area contributed by atoms with Gasteiger partial charge in [0.1, 0.15) is 0 Å². The molecule has 0 aromatic rings. The summed E-state index contributed by atoms with van der Waals surface area (Å²) in [6.07, 6.45) is 0. The van der Waals surface area contributed by atoms with Crippen LogP contribution in [0.25, 0.3) is 0 Å².